The summed E-state index contributed by atoms with van der Waals surface area (Å²) in [6, 6.07) is 12.3. The van der Waals surface area contributed by atoms with Gasteiger partial charge >= 0.3 is 0 Å². The Morgan fingerprint density at radius 2 is 1.70 bits per heavy atom. The molecule has 30 heavy (non-hydrogen) atoms. The van der Waals surface area contributed by atoms with E-state index in [1.807, 2.05) is 0 Å². The second kappa shape index (κ2) is 7.16. The number of aromatic amines is 1. The van der Waals surface area contributed by atoms with Crippen molar-refractivity contribution < 1.29 is 16.8 Å². The van der Waals surface area contributed by atoms with Crippen LogP contribution in [-0.4, -0.2) is 43.0 Å². The normalized spacial score (nSPS) is 12.2. The van der Waals surface area contributed by atoms with Gasteiger partial charge in [-0.05, 0) is 30.3 Å². The van der Waals surface area contributed by atoms with Gasteiger partial charge in [0, 0.05) is 17.5 Å². The molecule has 12 heteroatoms. The molecule has 0 bridgehead atoms. The number of sulfonamides is 1. The van der Waals surface area contributed by atoms with E-state index < -0.39 is 19.9 Å². The van der Waals surface area contributed by atoms with Gasteiger partial charge in [-0.3, -0.25) is 0 Å². The van der Waals surface area contributed by atoms with E-state index >= 15 is 0 Å². The summed E-state index contributed by atoms with van der Waals surface area (Å²) in [5.41, 5.74) is 2.29. The van der Waals surface area contributed by atoms with Crippen molar-refractivity contribution in [1.29, 1.82) is 0 Å². The number of aromatic nitrogens is 4. The number of imidazole rings is 1. The molecule has 0 aliphatic rings. The molecule has 0 saturated carbocycles. The third kappa shape index (κ3) is 4.01. The van der Waals surface area contributed by atoms with Crippen molar-refractivity contribution in [3.05, 3.63) is 54.9 Å². The van der Waals surface area contributed by atoms with Crippen molar-refractivity contribution in [2.24, 2.45) is 5.14 Å². The van der Waals surface area contributed by atoms with Crippen LogP contribution in [0.25, 0.3) is 22.4 Å². The van der Waals surface area contributed by atoms with E-state index in [2.05, 4.69) is 25.3 Å². The molecule has 0 aliphatic carbocycles. The Hall–Kier alpha value is -3.35. The third-order valence-electron chi connectivity index (χ3n) is 4.24. The van der Waals surface area contributed by atoms with Crippen LogP contribution in [0.5, 0.6) is 0 Å². The molecule has 0 spiro atoms. The predicted molar refractivity (Wildman–Crippen MR) is 111 cm³/mol. The zero-order valence-electron chi connectivity index (χ0n) is 15.6. The minimum absolute atomic E-state index is 0.0607. The Balaban J connectivity index is 1.82. The number of benzene rings is 2. The number of fused-ring (bicyclic) bond motifs is 1. The molecule has 154 valence electrons. The molecule has 0 amide bonds. The number of hydrogen-bond donors (Lipinski definition) is 3. The molecule has 4 aromatic rings. The van der Waals surface area contributed by atoms with Gasteiger partial charge in [-0.2, -0.15) is 4.98 Å². The number of nitrogens with zero attached hydrogens (tertiary/aromatic N) is 3. The lowest BCUT2D eigenvalue weighted by molar-refractivity contribution is 0.597. The van der Waals surface area contributed by atoms with Gasteiger partial charge in [-0.25, -0.2) is 31.9 Å². The van der Waals surface area contributed by atoms with Gasteiger partial charge in [-0.15, -0.1) is 0 Å². The monoisotopic (exact) mass is 444 g/mol. The number of H-pyrrole nitrogens is 1. The molecule has 2 heterocycles. The van der Waals surface area contributed by atoms with Crippen molar-refractivity contribution in [2.75, 3.05) is 11.6 Å². The first-order chi connectivity index (χ1) is 14.1. The number of nitrogens with one attached hydrogen (secondary N) is 2. The SMILES string of the molecule is CS(=O)(=O)c1cccc(-c2nc(Nc3cccc(S(N)(=O)=O)c3)nc3nc[nH]c23)c1. The van der Waals surface area contributed by atoms with E-state index in [-0.39, 0.29) is 15.7 Å². The summed E-state index contributed by atoms with van der Waals surface area (Å²) in [6.45, 7) is 0. The van der Waals surface area contributed by atoms with Crippen LogP contribution in [0.2, 0.25) is 0 Å². The summed E-state index contributed by atoms with van der Waals surface area (Å²) >= 11 is 0. The lowest BCUT2D eigenvalue weighted by Gasteiger charge is -2.09. The zero-order valence-corrected chi connectivity index (χ0v) is 17.2. The molecule has 0 atom stereocenters. The van der Waals surface area contributed by atoms with E-state index in [4.69, 9.17) is 5.14 Å². The fraction of sp³-hybridized carbons (Fsp3) is 0.0556. The predicted octanol–water partition coefficient (Wildman–Crippen LogP) is 1.81. The highest BCUT2D eigenvalue weighted by Gasteiger charge is 2.15. The molecule has 0 saturated heterocycles. The van der Waals surface area contributed by atoms with Crippen molar-refractivity contribution >= 4 is 42.7 Å². The Labute approximate surface area is 172 Å². The number of sulfone groups is 1. The van der Waals surface area contributed by atoms with Gasteiger partial charge < -0.3 is 10.3 Å². The summed E-state index contributed by atoms with van der Waals surface area (Å²) in [5.74, 6) is 0.154. The maximum absolute atomic E-state index is 11.9. The summed E-state index contributed by atoms with van der Waals surface area (Å²) in [4.78, 5) is 16.0. The van der Waals surface area contributed by atoms with Gasteiger partial charge in [0.1, 0.15) is 11.2 Å². The molecule has 2 aromatic carbocycles. The highest BCUT2D eigenvalue weighted by Crippen LogP contribution is 2.28. The van der Waals surface area contributed by atoms with Gasteiger partial charge in [-0.1, -0.05) is 18.2 Å². The fourth-order valence-corrected chi connectivity index (χ4v) is 4.08. The summed E-state index contributed by atoms with van der Waals surface area (Å²) in [7, 11) is -7.27. The van der Waals surface area contributed by atoms with Gasteiger partial charge in [0.15, 0.2) is 15.5 Å². The average Bonchev–Trinajstić information content (AvgIpc) is 3.15. The van der Waals surface area contributed by atoms with Gasteiger partial charge in [0.2, 0.25) is 16.0 Å². The van der Waals surface area contributed by atoms with Crippen LogP contribution in [0.3, 0.4) is 0 Å². The number of hydrogen-bond acceptors (Lipinski definition) is 8. The van der Waals surface area contributed by atoms with Crippen LogP contribution in [0.1, 0.15) is 0 Å². The summed E-state index contributed by atoms with van der Waals surface area (Å²) in [5, 5.41) is 8.12. The molecule has 0 fully saturated rings. The summed E-state index contributed by atoms with van der Waals surface area (Å²) in [6.07, 6.45) is 2.58. The van der Waals surface area contributed by atoms with E-state index in [0.29, 0.717) is 28.1 Å². The van der Waals surface area contributed by atoms with Crippen molar-refractivity contribution in [2.45, 2.75) is 9.79 Å². The standard InChI is InChI=1S/C18H16N6O4S2/c1-29(25,26)13-6-2-4-11(8-13)15-16-17(21-10-20-16)24-18(23-15)22-12-5-3-7-14(9-12)30(19,27)28/h2-10H,1H3,(H2,19,27,28)(H2,20,21,22,23,24). The maximum atomic E-state index is 11.9. The van der Waals surface area contributed by atoms with Gasteiger partial charge in [0.25, 0.3) is 0 Å². The highest BCUT2D eigenvalue weighted by molar-refractivity contribution is 7.90. The van der Waals surface area contributed by atoms with E-state index in [1.54, 1.807) is 18.2 Å². The Kier molecular flexibility index (Phi) is 4.76. The fourth-order valence-electron chi connectivity index (χ4n) is 2.85. The van der Waals surface area contributed by atoms with E-state index in [9.17, 15) is 16.8 Å². The van der Waals surface area contributed by atoms with E-state index in [1.165, 1.54) is 36.7 Å². The van der Waals surface area contributed by atoms with Crippen LogP contribution in [-0.2, 0) is 19.9 Å². The van der Waals surface area contributed by atoms with Crippen LogP contribution in [0.15, 0.2) is 64.6 Å². The second-order valence-corrected chi connectivity index (χ2v) is 10.1. The molecule has 4 rings (SSSR count). The first-order valence-corrected chi connectivity index (χ1v) is 12.0. The molecule has 0 aliphatic heterocycles. The van der Waals surface area contributed by atoms with Gasteiger partial charge in [0.05, 0.1) is 16.1 Å². The van der Waals surface area contributed by atoms with Crippen molar-refractivity contribution in [3.63, 3.8) is 0 Å². The molecule has 0 radical (unpaired) electrons. The first kappa shape index (κ1) is 19.9. The molecular weight excluding hydrogens is 428 g/mol. The minimum Gasteiger partial charge on any atom is -0.341 e. The van der Waals surface area contributed by atoms with Crippen molar-refractivity contribution in [1.82, 2.24) is 19.9 Å². The molecule has 0 unspecified atom stereocenters. The Morgan fingerprint density at radius 1 is 0.967 bits per heavy atom. The summed E-state index contributed by atoms with van der Waals surface area (Å²) < 4.78 is 47.0. The first-order valence-electron chi connectivity index (χ1n) is 8.53. The number of anilines is 2. The zero-order chi connectivity index (χ0) is 21.5. The second-order valence-electron chi connectivity index (χ2n) is 6.49. The molecule has 2 aromatic heterocycles. The Bertz CT molecular complexity index is 1480. The largest absolute Gasteiger partial charge is 0.341 e. The number of nitrogens with two attached hydrogens (primary N) is 1. The lowest BCUT2D eigenvalue weighted by atomic mass is 10.1. The highest BCUT2D eigenvalue weighted by atomic mass is 32.2. The van der Waals surface area contributed by atoms with Crippen LogP contribution in [0, 0.1) is 0 Å². The molecule has 10 nitrogen and oxygen atoms in total. The van der Waals surface area contributed by atoms with Crippen LogP contribution >= 0.6 is 0 Å². The minimum atomic E-state index is -3.87. The molecular formula is C18H16N6O4S2. The van der Waals surface area contributed by atoms with Crippen LogP contribution < -0.4 is 10.5 Å². The average molecular weight is 444 g/mol. The number of rotatable bonds is 5. The Morgan fingerprint density at radius 3 is 2.43 bits per heavy atom. The molecule has 4 N–H and O–H groups in total. The van der Waals surface area contributed by atoms with Crippen molar-refractivity contribution in [3.8, 4) is 11.3 Å². The maximum Gasteiger partial charge on any atom is 0.238 e. The van der Waals surface area contributed by atoms with E-state index in [0.717, 1.165) is 6.26 Å². The smallest absolute Gasteiger partial charge is 0.238 e. The number of primary sulfonamides is 1. The lowest BCUT2D eigenvalue weighted by Crippen LogP contribution is -2.12. The third-order valence-corrected chi connectivity index (χ3v) is 6.26. The quantitative estimate of drug-likeness (QED) is 0.420. The topological polar surface area (TPSA) is 161 Å². The van der Waals surface area contributed by atoms with Crippen LogP contribution in [0.4, 0.5) is 11.6 Å².